The Bertz CT molecular complexity index is 109. The SMILES string of the molecule is NC[C@@H](O)[C@H](O)[C@H](O)[C@H](O)CO. The summed E-state index contributed by atoms with van der Waals surface area (Å²) in [5.74, 6) is 0. The molecule has 0 aliphatic rings. The summed E-state index contributed by atoms with van der Waals surface area (Å²) in [5.41, 5.74) is 4.99. The van der Waals surface area contributed by atoms with Crippen LogP contribution in [0.2, 0.25) is 0 Å². The second kappa shape index (κ2) is 5.41. The van der Waals surface area contributed by atoms with Crippen LogP contribution in [0.1, 0.15) is 0 Å². The van der Waals surface area contributed by atoms with Gasteiger partial charge in [0, 0.05) is 6.54 Å². The van der Waals surface area contributed by atoms with Crippen molar-refractivity contribution in [1.29, 1.82) is 0 Å². The van der Waals surface area contributed by atoms with Crippen molar-refractivity contribution in [2.24, 2.45) is 5.73 Å². The van der Waals surface area contributed by atoms with Crippen molar-refractivity contribution in [2.75, 3.05) is 13.2 Å². The molecule has 12 heavy (non-hydrogen) atoms. The first-order valence-electron chi connectivity index (χ1n) is 3.57. The minimum Gasteiger partial charge on any atom is -0.394 e. The molecule has 74 valence electrons. The molecule has 7 N–H and O–H groups in total. The van der Waals surface area contributed by atoms with Crippen molar-refractivity contribution < 1.29 is 25.5 Å². The van der Waals surface area contributed by atoms with Crippen LogP contribution in [-0.4, -0.2) is 63.1 Å². The lowest BCUT2D eigenvalue weighted by Crippen LogP contribution is -2.48. The predicted molar refractivity (Wildman–Crippen MR) is 40.2 cm³/mol. The molecule has 6 nitrogen and oxygen atoms in total. The van der Waals surface area contributed by atoms with Gasteiger partial charge in [-0.3, -0.25) is 0 Å². The number of nitrogens with two attached hydrogens (primary N) is 1. The number of hydrogen-bond donors (Lipinski definition) is 6. The highest BCUT2D eigenvalue weighted by Gasteiger charge is 2.28. The molecule has 0 radical (unpaired) electrons. The lowest BCUT2D eigenvalue weighted by atomic mass is 10.0. The smallest absolute Gasteiger partial charge is 0.111 e. The highest BCUT2D eigenvalue weighted by molar-refractivity contribution is 4.80. The topological polar surface area (TPSA) is 127 Å². The predicted octanol–water partition coefficient (Wildman–Crippen LogP) is -3.62. The molecule has 0 amide bonds. The number of aliphatic hydroxyl groups is 5. The van der Waals surface area contributed by atoms with E-state index in [2.05, 4.69) is 0 Å². The molecular weight excluding hydrogens is 166 g/mol. The molecule has 0 bridgehead atoms. The van der Waals surface area contributed by atoms with Gasteiger partial charge in [-0.25, -0.2) is 0 Å². The molecule has 0 aromatic heterocycles. The molecule has 0 unspecified atom stereocenters. The lowest BCUT2D eigenvalue weighted by Gasteiger charge is -2.24. The quantitative estimate of drug-likeness (QED) is 0.260. The molecular formula is C6H15NO5. The highest BCUT2D eigenvalue weighted by atomic mass is 16.4. The van der Waals surface area contributed by atoms with Crippen LogP contribution in [-0.2, 0) is 0 Å². The maximum atomic E-state index is 9.04. The van der Waals surface area contributed by atoms with Gasteiger partial charge in [-0.1, -0.05) is 0 Å². The van der Waals surface area contributed by atoms with Crippen molar-refractivity contribution in [1.82, 2.24) is 0 Å². The first-order chi connectivity index (χ1) is 5.54. The van der Waals surface area contributed by atoms with Crippen molar-refractivity contribution >= 4 is 0 Å². The third-order valence-corrected chi connectivity index (χ3v) is 1.57. The Balaban J connectivity index is 3.99. The largest absolute Gasteiger partial charge is 0.394 e. The second-order valence-electron chi connectivity index (χ2n) is 2.53. The van der Waals surface area contributed by atoms with Crippen LogP contribution >= 0.6 is 0 Å². The van der Waals surface area contributed by atoms with E-state index in [1.54, 1.807) is 0 Å². The van der Waals surface area contributed by atoms with Crippen molar-refractivity contribution in [3.05, 3.63) is 0 Å². The molecule has 0 aromatic carbocycles. The first-order valence-corrected chi connectivity index (χ1v) is 3.57. The Morgan fingerprint density at radius 3 is 1.67 bits per heavy atom. The van der Waals surface area contributed by atoms with E-state index >= 15 is 0 Å². The zero-order valence-electron chi connectivity index (χ0n) is 6.54. The molecule has 0 saturated heterocycles. The highest BCUT2D eigenvalue weighted by Crippen LogP contribution is 2.03. The van der Waals surface area contributed by atoms with Gasteiger partial charge in [0.25, 0.3) is 0 Å². The standard InChI is InChI=1S/C6H15NO5/c7-1-3(9)5(11)6(12)4(10)2-8/h3-6,8-12H,1-2,7H2/t3-,4-,5+,6-/m1/s1. The van der Waals surface area contributed by atoms with Gasteiger partial charge in [-0.05, 0) is 0 Å². The van der Waals surface area contributed by atoms with Crippen LogP contribution in [0.15, 0.2) is 0 Å². The van der Waals surface area contributed by atoms with Gasteiger partial charge >= 0.3 is 0 Å². The van der Waals surface area contributed by atoms with Crippen molar-refractivity contribution in [3.8, 4) is 0 Å². The normalized spacial score (nSPS) is 21.5. The Hall–Kier alpha value is -0.240. The van der Waals surface area contributed by atoms with E-state index in [1.165, 1.54) is 0 Å². The van der Waals surface area contributed by atoms with Crippen molar-refractivity contribution in [2.45, 2.75) is 24.4 Å². The first kappa shape index (κ1) is 11.8. The molecule has 0 aliphatic carbocycles. The lowest BCUT2D eigenvalue weighted by molar-refractivity contribution is -0.112. The van der Waals surface area contributed by atoms with Gasteiger partial charge in [-0.2, -0.15) is 0 Å². The van der Waals surface area contributed by atoms with E-state index in [0.717, 1.165) is 0 Å². The van der Waals surface area contributed by atoms with Gasteiger partial charge in [0.2, 0.25) is 0 Å². The maximum Gasteiger partial charge on any atom is 0.111 e. The van der Waals surface area contributed by atoms with Gasteiger partial charge in [0.15, 0.2) is 0 Å². The summed E-state index contributed by atoms with van der Waals surface area (Å²) in [4.78, 5) is 0. The monoisotopic (exact) mass is 181 g/mol. The van der Waals surface area contributed by atoms with E-state index < -0.39 is 31.0 Å². The van der Waals surface area contributed by atoms with Gasteiger partial charge < -0.3 is 31.3 Å². The summed E-state index contributed by atoms with van der Waals surface area (Å²) in [6.45, 7) is -0.911. The molecule has 6 heteroatoms. The third kappa shape index (κ3) is 3.02. The molecule has 4 atom stereocenters. The number of rotatable bonds is 5. The van der Waals surface area contributed by atoms with E-state index in [0.29, 0.717) is 0 Å². The third-order valence-electron chi connectivity index (χ3n) is 1.57. The Labute approximate surface area is 69.9 Å². The minimum atomic E-state index is -1.59. The molecule has 0 aromatic rings. The Kier molecular flexibility index (Phi) is 5.31. The van der Waals surface area contributed by atoms with Gasteiger partial charge in [0.1, 0.15) is 18.3 Å². The average Bonchev–Trinajstić information content (AvgIpc) is 2.12. The summed E-state index contributed by atoms with van der Waals surface area (Å²) in [7, 11) is 0. The van der Waals surface area contributed by atoms with Crippen molar-refractivity contribution in [3.63, 3.8) is 0 Å². The fourth-order valence-electron chi connectivity index (χ4n) is 0.703. The molecule has 0 rings (SSSR count). The average molecular weight is 181 g/mol. The number of aliphatic hydroxyl groups excluding tert-OH is 5. The summed E-state index contributed by atoms with van der Waals surface area (Å²) >= 11 is 0. The van der Waals surface area contributed by atoms with Crippen LogP contribution < -0.4 is 5.73 Å². The fourth-order valence-corrected chi connectivity index (χ4v) is 0.703. The zero-order valence-corrected chi connectivity index (χ0v) is 6.54. The summed E-state index contributed by atoms with van der Waals surface area (Å²) in [6, 6.07) is 0. The maximum absolute atomic E-state index is 9.04. The summed E-state index contributed by atoms with van der Waals surface area (Å²) < 4.78 is 0. The van der Waals surface area contributed by atoms with E-state index in [1.807, 2.05) is 0 Å². The van der Waals surface area contributed by atoms with Gasteiger partial charge in [0.05, 0.1) is 12.7 Å². The van der Waals surface area contributed by atoms with Crippen LogP contribution in [0, 0.1) is 0 Å². The molecule has 0 aliphatic heterocycles. The van der Waals surface area contributed by atoms with E-state index in [9.17, 15) is 0 Å². The zero-order chi connectivity index (χ0) is 9.72. The van der Waals surface area contributed by atoms with E-state index in [4.69, 9.17) is 31.3 Å². The molecule has 0 saturated carbocycles. The Morgan fingerprint density at radius 1 is 0.917 bits per heavy atom. The fraction of sp³-hybridized carbons (Fsp3) is 1.00. The summed E-state index contributed by atoms with van der Waals surface area (Å²) in [6.07, 6.45) is -5.91. The Morgan fingerprint density at radius 2 is 1.33 bits per heavy atom. The van der Waals surface area contributed by atoms with E-state index in [-0.39, 0.29) is 6.54 Å². The van der Waals surface area contributed by atoms with Crippen LogP contribution in [0.25, 0.3) is 0 Å². The minimum absolute atomic E-state index is 0.226. The van der Waals surface area contributed by atoms with Crippen LogP contribution in [0.5, 0.6) is 0 Å². The molecule has 0 fully saturated rings. The summed E-state index contributed by atoms with van der Waals surface area (Å²) in [5, 5.41) is 44.2. The number of hydrogen-bond acceptors (Lipinski definition) is 6. The van der Waals surface area contributed by atoms with Crippen LogP contribution in [0.3, 0.4) is 0 Å². The van der Waals surface area contributed by atoms with Gasteiger partial charge in [-0.15, -0.1) is 0 Å². The molecule has 0 heterocycles. The van der Waals surface area contributed by atoms with Crippen LogP contribution in [0.4, 0.5) is 0 Å². The second-order valence-corrected chi connectivity index (χ2v) is 2.53. The molecule has 0 spiro atoms.